The summed E-state index contributed by atoms with van der Waals surface area (Å²) in [7, 11) is -7.01. The molecule has 0 heterocycles. The quantitative estimate of drug-likeness (QED) is 0.398. The van der Waals surface area contributed by atoms with Crippen LogP contribution in [0.25, 0.3) is 0 Å². The predicted molar refractivity (Wildman–Crippen MR) is 89.5 cm³/mol. The van der Waals surface area contributed by atoms with Crippen molar-refractivity contribution < 1.29 is 36.6 Å². The van der Waals surface area contributed by atoms with Crippen LogP contribution in [0.3, 0.4) is 0 Å². The van der Waals surface area contributed by atoms with Crippen molar-refractivity contribution in [3.63, 3.8) is 0 Å². The summed E-state index contributed by atoms with van der Waals surface area (Å²) in [4.78, 5) is 20.7. The van der Waals surface area contributed by atoms with Crippen LogP contribution in [0.1, 0.15) is 51.4 Å². The average Bonchev–Trinajstić information content (AvgIpc) is 2.37. The van der Waals surface area contributed by atoms with E-state index in [1.165, 1.54) is 0 Å². The van der Waals surface area contributed by atoms with Crippen molar-refractivity contribution >= 4 is 31.6 Å². The Kier molecular flexibility index (Phi) is 10.9. The van der Waals surface area contributed by atoms with E-state index in [4.69, 9.17) is 10.2 Å². The third-order valence-electron chi connectivity index (χ3n) is 3.35. The van der Waals surface area contributed by atoms with Crippen LogP contribution in [-0.2, 0) is 29.3 Å². The fraction of sp³-hybridized carbons (Fsp3) is 0.857. The first-order valence-electron chi connectivity index (χ1n) is 7.88. The molecule has 0 aliphatic heterocycles. The maximum atomic E-state index is 11.3. The van der Waals surface area contributed by atoms with E-state index >= 15 is 0 Å². The van der Waals surface area contributed by atoms with Gasteiger partial charge in [-0.15, -0.1) is 0 Å². The summed E-state index contributed by atoms with van der Waals surface area (Å²) in [5, 5.41) is 16.9. The van der Waals surface area contributed by atoms with Crippen molar-refractivity contribution in [2.24, 2.45) is 0 Å². The van der Waals surface area contributed by atoms with Crippen LogP contribution in [-0.4, -0.2) is 62.0 Å². The maximum Gasteiger partial charge on any atom is 0.318 e. The molecule has 0 saturated carbocycles. The maximum absolute atomic E-state index is 11.3. The molecule has 0 saturated heterocycles. The molecule has 0 aromatic rings. The first kappa shape index (κ1) is 22.8. The monoisotopic (exact) mass is 386 g/mol. The first-order valence-corrected chi connectivity index (χ1v) is 11.5. The zero-order valence-corrected chi connectivity index (χ0v) is 15.3. The molecule has 0 aromatic heterocycles. The Bertz CT molecular complexity index is 538. The van der Waals surface area contributed by atoms with Crippen LogP contribution in [0.5, 0.6) is 0 Å². The van der Waals surface area contributed by atoms with Gasteiger partial charge in [0.15, 0.2) is 19.7 Å². The number of unbranched alkanes of at least 4 members (excludes halogenated alkanes) is 7. The summed E-state index contributed by atoms with van der Waals surface area (Å²) in [6.45, 7) is 0. The molecule has 0 rings (SSSR count). The molecule has 0 spiro atoms. The molecule has 0 aliphatic rings. The molecule has 0 atom stereocenters. The summed E-state index contributed by atoms with van der Waals surface area (Å²) in [5.74, 6) is -4.53. The van der Waals surface area contributed by atoms with E-state index in [0.717, 1.165) is 25.7 Å². The summed E-state index contributed by atoms with van der Waals surface area (Å²) >= 11 is 0. The highest BCUT2D eigenvalue weighted by atomic mass is 32.2. The largest absolute Gasteiger partial charge is 0.480 e. The number of rotatable bonds is 15. The summed E-state index contributed by atoms with van der Waals surface area (Å²) < 4.78 is 45.3. The van der Waals surface area contributed by atoms with Gasteiger partial charge in [0.2, 0.25) is 0 Å². The highest BCUT2D eigenvalue weighted by Crippen LogP contribution is 2.10. The van der Waals surface area contributed by atoms with E-state index < -0.39 is 43.1 Å². The van der Waals surface area contributed by atoms with Crippen LogP contribution in [0.15, 0.2) is 0 Å². The minimum Gasteiger partial charge on any atom is -0.480 e. The second-order valence-corrected chi connectivity index (χ2v) is 10.2. The molecule has 2 N–H and O–H groups in total. The highest BCUT2D eigenvalue weighted by molar-refractivity contribution is 7.92. The second kappa shape index (κ2) is 11.4. The van der Waals surface area contributed by atoms with E-state index in [1.807, 2.05) is 0 Å². The number of carboxylic acids is 2. The topological polar surface area (TPSA) is 143 Å². The highest BCUT2D eigenvalue weighted by Gasteiger charge is 2.15. The van der Waals surface area contributed by atoms with Crippen LogP contribution in [0, 0.1) is 0 Å². The van der Waals surface area contributed by atoms with Gasteiger partial charge < -0.3 is 10.2 Å². The molecular weight excluding hydrogens is 360 g/mol. The van der Waals surface area contributed by atoms with Crippen LogP contribution >= 0.6 is 0 Å². The third kappa shape index (κ3) is 14.4. The van der Waals surface area contributed by atoms with E-state index in [2.05, 4.69) is 0 Å². The minimum absolute atomic E-state index is 0.110. The molecule has 0 amide bonds. The lowest BCUT2D eigenvalue weighted by Crippen LogP contribution is -2.18. The van der Waals surface area contributed by atoms with Gasteiger partial charge in [0.1, 0.15) is 11.5 Å². The van der Waals surface area contributed by atoms with Gasteiger partial charge in [0.05, 0.1) is 11.5 Å². The summed E-state index contributed by atoms with van der Waals surface area (Å²) in [6.07, 6.45) is 5.82. The van der Waals surface area contributed by atoms with Crippen molar-refractivity contribution in [2.45, 2.75) is 51.4 Å². The van der Waals surface area contributed by atoms with Crippen LogP contribution in [0.2, 0.25) is 0 Å². The lowest BCUT2D eigenvalue weighted by atomic mass is 10.1. The number of sulfone groups is 2. The van der Waals surface area contributed by atoms with Gasteiger partial charge in [-0.05, 0) is 12.8 Å². The lowest BCUT2D eigenvalue weighted by molar-refractivity contribution is -0.135. The number of carboxylic acid groups (broad SMARTS) is 2. The van der Waals surface area contributed by atoms with Gasteiger partial charge in [-0.1, -0.05) is 38.5 Å². The molecule has 0 radical (unpaired) electrons. The minimum atomic E-state index is -3.51. The number of hydrogen-bond donors (Lipinski definition) is 2. The zero-order valence-electron chi connectivity index (χ0n) is 13.6. The van der Waals surface area contributed by atoms with Gasteiger partial charge in [-0.25, -0.2) is 16.8 Å². The second-order valence-electron chi connectivity index (χ2n) is 5.80. The predicted octanol–water partition coefficient (Wildman–Crippen LogP) is 1.11. The number of hydrogen-bond acceptors (Lipinski definition) is 6. The summed E-state index contributed by atoms with van der Waals surface area (Å²) in [6, 6.07) is 0. The Morgan fingerprint density at radius 2 is 0.792 bits per heavy atom. The standard InChI is InChI=1S/C14H26O8S2/c15-13(16)11-23(19,20)9-7-5-3-1-2-4-6-8-10-24(21,22)12-14(17)18/h1-12H2,(H,15,16)(H,17,18). The van der Waals surface area contributed by atoms with Crippen molar-refractivity contribution in [1.29, 1.82) is 0 Å². The van der Waals surface area contributed by atoms with Crippen molar-refractivity contribution in [2.75, 3.05) is 23.0 Å². The lowest BCUT2D eigenvalue weighted by Gasteiger charge is -2.04. The van der Waals surface area contributed by atoms with E-state index in [1.54, 1.807) is 0 Å². The molecule has 8 nitrogen and oxygen atoms in total. The van der Waals surface area contributed by atoms with Gasteiger partial charge in [0, 0.05) is 0 Å². The molecule has 10 heteroatoms. The van der Waals surface area contributed by atoms with Gasteiger partial charge >= 0.3 is 11.9 Å². The Balaban J connectivity index is 3.56. The molecule has 0 aromatic carbocycles. The van der Waals surface area contributed by atoms with Gasteiger partial charge in [0.25, 0.3) is 0 Å². The molecule has 0 aliphatic carbocycles. The Morgan fingerprint density at radius 3 is 1.04 bits per heavy atom. The van der Waals surface area contributed by atoms with Gasteiger partial charge in [-0.3, -0.25) is 9.59 Å². The van der Waals surface area contributed by atoms with E-state index in [9.17, 15) is 26.4 Å². The van der Waals surface area contributed by atoms with Crippen LogP contribution in [0.4, 0.5) is 0 Å². The smallest absolute Gasteiger partial charge is 0.318 e. The van der Waals surface area contributed by atoms with E-state index in [0.29, 0.717) is 25.7 Å². The van der Waals surface area contributed by atoms with Crippen molar-refractivity contribution in [3.8, 4) is 0 Å². The molecule has 0 bridgehead atoms. The molecule has 0 unspecified atom stereocenters. The average molecular weight is 386 g/mol. The fourth-order valence-electron chi connectivity index (χ4n) is 2.23. The van der Waals surface area contributed by atoms with Gasteiger partial charge in [-0.2, -0.15) is 0 Å². The zero-order chi connectivity index (χ0) is 18.6. The molecule has 0 fully saturated rings. The fourth-order valence-corrected chi connectivity index (χ4v) is 4.55. The third-order valence-corrected chi connectivity index (χ3v) is 6.54. The van der Waals surface area contributed by atoms with Crippen molar-refractivity contribution in [3.05, 3.63) is 0 Å². The summed E-state index contributed by atoms with van der Waals surface area (Å²) in [5.41, 5.74) is 0. The number of aliphatic carboxylic acids is 2. The Labute approximate surface area is 143 Å². The molecular formula is C14H26O8S2. The first-order chi connectivity index (χ1) is 11.0. The van der Waals surface area contributed by atoms with Crippen molar-refractivity contribution in [1.82, 2.24) is 0 Å². The number of carbonyl (C=O) groups is 2. The normalized spacial score (nSPS) is 12.2. The van der Waals surface area contributed by atoms with E-state index in [-0.39, 0.29) is 11.5 Å². The molecule has 142 valence electrons. The molecule has 24 heavy (non-hydrogen) atoms. The van der Waals surface area contributed by atoms with Crippen LogP contribution < -0.4 is 0 Å². The Morgan fingerprint density at radius 1 is 0.542 bits per heavy atom. The Hall–Kier alpha value is -1.16. The SMILES string of the molecule is O=C(O)CS(=O)(=O)CCCCCCCCCCS(=O)(=O)CC(=O)O.